The van der Waals surface area contributed by atoms with Gasteiger partial charge in [-0.05, 0) is 12.8 Å². The molecule has 1 unspecified atom stereocenters. The zero-order valence-corrected chi connectivity index (χ0v) is 15.1. The number of hydrogen-bond acceptors (Lipinski definition) is 5. The average Bonchev–Trinajstić information content (AvgIpc) is 2.54. The molecule has 134 valence electrons. The van der Waals surface area contributed by atoms with Gasteiger partial charge in [0.05, 0.1) is 25.7 Å². The van der Waals surface area contributed by atoms with Gasteiger partial charge in [-0.2, -0.15) is 4.31 Å². The minimum atomic E-state index is -3.94. The molecule has 0 radical (unpaired) electrons. The van der Waals surface area contributed by atoms with E-state index in [1.807, 2.05) is 0 Å². The molecule has 1 aliphatic heterocycles. The van der Waals surface area contributed by atoms with Crippen LogP contribution in [-0.2, 0) is 14.8 Å². The van der Waals surface area contributed by atoms with Gasteiger partial charge in [0.25, 0.3) is 0 Å². The predicted molar refractivity (Wildman–Crippen MR) is 88.3 cm³/mol. The first-order chi connectivity index (χ1) is 11.3. The third kappa shape index (κ3) is 3.76. The summed E-state index contributed by atoms with van der Waals surface area (Å²) in [5, 5.41) is 9.05. The van der Waals surface area contributed by atoms with E-state index in [1.54, 1.807) is 0 Å². The van der Waals surface area contributed by atoms with Gasteiger partial charge in [-0.3, -0.25) is 4.79 Å². The molecule has 7 nitrogen and oxygen atoms in total. The smallest absolute Gasteiger partial charge is 0.304 e. The molecule has 9 heteroatoms. The minimum Gasteiger partial charge on any atom is -0.493 e. The summed E-state index contributed by atoms with van der Waals surface area (Å²) < 4.78 is 37.5. The van der Waals surface area contributed by atoms with Crippen molar-refractivity contribution in [3.63, 3.8) is 0 Å². The molecule has 0 saturated carbocycles. The number of piperidine rings is 1. The van der Waals surface area contributed by atoms with Crippen LogP contribution < -0.4 is 9.47 Å². The standard InChI is InChI=1S/C15H20ClNO6S/c1-22-12-8-11(16)14(9-13(12)23-2)24(20,21)17-6-4-3-5-10(17)7-15(18)19/h8-10H,3-7H2,1-2H3,(H,18,19). The third-order valence-electron chi connectivity index (χ3n) is 4.01. The second-order valence-electron chi connectivity index (χ2n) is 5.50. The first-order valence-corrected chi connectivity index (χ1v) is 9.28. The Labute approximate surface area is 146 Å². The van der Waals surface area contributed by atoms with Crippen molar-refractivity contribution in [2.75, 3.05) is 20.8 Å². The molecule has 24 heavy (non-hydrogen) atoms. The molecule has 1 aromatic rings. The molecule has 1 fully saturated rings. The van der Waals surface area contributed by atoms with Crippen LogP contribution in [-0.4, -0.2) is 50.6 Å². The molecular weight excluding hydrogens is 358 g/mol. The zero-order valence-electron chi connectivity index (χ0n) is 13.5. The molecule has 1 heterocycles. The molecule has 1 saturated heterocycles. The molecule has 1 atom stereocenters. The molecule has 0 aliphatic carbocycles. The molecule has 1 aromatic carbocycles. The van der Waals surface area contributed by atoms with Crippen LogP contribution in [0.2, 0.25) is 5.02 Å². The van der Waals surface area contributed by atoms with Gasteiger partial charge in [-0.25, -0.2) is 8.42 Å². The lowest BCUT2D eigenvalue weighted by atomic mass is 10.0. The van der Waals surface area contributed by atoms with Crippen LogP contribution in [0.1, 0.15) is 25.7 Å². The summed E-state index contributed by atoms with van der Waals surface area (Å²) in [6, 6.07) is 2.11. The third-order valence-corrected chi connectivity index (χ3v) is 6.42. The van der Waals surface area contributed by atoms with Crippen LogP contribution in [0.25, 0.3) is 0 Å². The van der Waals surface area contributed by atoms with Gasteiger partial charge >= 0.3 is 5.97 Å². The highest BCUT2D eigenvalue weighted by Gasteiger charge is 2.36. The van der Waals surface area contributed by atoms with Crippen LogP contribution in [0.15, 0.2) is 17.0 Å². The number of halogens is 1. The first kappa shape index (κ1) is 18.8. The summed E-state index contributed by atoms with van der Waals surface area (Å²) in [6.45, 7) is 0.269. The number of carbonyl (C=O) groups is 1. The van der Waals surface area contributed by atoms with E-state index in [2.05, 4.69) is 0 Å². The zero-order chi connectivity index (χ0) is 17.9. The number of hydrogen-bond donors (Lipinski definition) is 1. The molecule has 0 aromatic heterocycles. The van der Waals surface area contributed by atoms with E-state index in [1.165, 1.54) is 30.7 Å². The molecule has 1 aliphatic rings. The quantitative estimate of drug-likeness (QED) is 0.818. The molecule has 1 N–H and O–H groups in total. The average molecular weight is 378 g/mol. The van der Waals surface area contributed by atoms with E-state index in [4.69, 9.17) is 26.2 Å². The van der Waals surface area contributed by atoms with Crippen molar-refractivity contribution in [1.82, 2.24) is 4.31 Å². The van der Waals surface area contributed by atoms with E-state index in [9.17, 15) is 13.2 Å². The van der Waals surface area contributed by atoms with Crippen molar-refractivity contribution < 1.29 is 27.8 Å². The Kier molecular flexibility index (Phi) is 5.95. The van der Waals surface area contributed by atoms with E-state index in [0.29, 0.717) is 18.6 Å². The summed E-state index contributed by atoms with van der Waals surface area (Å²) in [4.78, 5) is 10.9. The Hall–Kier alpha value is -1.51. The highest BCUT2D eigenvalue weighted by molar-refractivity contribution is 7.89. The molecular formula is C15H20ClNO6S. The highest BCUT2D eigenvalue weighted by Crippen LogP contribution is 2.38. The number of carboxylic acids is 1. The SMILES string of the molecule is COc1cc(Cl)c(S(=O)(=O)N2CCCCC2CC(=O)O)cc1OC. The first-order valence-electron chi connectivity index (χ1n) is 7.46. The number of benzene rings is 1. The number of methoxy groups -OCH3 is 2. The summed E-state index contributed by atoms with van der Waals surface area (Å²) in [6.07, 6.45) is 1.75. The number of nitrogens with zero attached hydrogens (tertiary/aromatic N) is 1. The second kappa shape index (κ2) is 7.58. The van der Waals surface area contributed by atoms with Crippen molar-refractivity contribution >= 4 is 27.6 Å². The molecule has 0 bridgehead atoms. The Bertz CT molecular complexity index is 721. The number of rotatable bonds is 6. The Morgan fingerprint density at radius 2 is 1.92 bits per heavy atom. The molecule has 0 amide bonds. The number of sulfonamides is 1. The molecule has 2 rings (SSSR count). The van der Waals surface area contributed by atoms with E-state index in [0.717, 1.165) is 6.42 Å². The summed E-state index contributed by atoms with van der Waals surface area (Å²) in [5.74, 6) is -0.463. The van der Waals surface area contributed by atoms with Gasteiger partial charge in [-0.1, -0.05) is 18.0 Å². The maximum Gasteiger partial charge on any atom is 0.304 e. The summed E-state index contributed by atoms with van der Waals surface area (Å²) >= 11 is 6.14. The van der Waals surface area contributed by atoms with Crippen LogP contribution in [0.4, 0.5) is 0 Å². The number of carboxylic acid groups (broad SMARTS) is 1. The maximum absolute atomic E-state index is 13.0. The van der Waals surface area contributed by atoms with E-state index >= 15 is 0 Å². The van der Waals surface area contributed by atoms with Crippen LogP contribution in [0, 0.1) is 0 Å². The van der Waals surface area contributed by atoms with Crippen molar-refractivity contribution in [2.24, 2.45) is 0 Å². The molecule has 0 spiro atoms. The van der Waals surface area contributed by atoms with Crippen molar-refractivity contribution in [3.05, 3.63) is 17.2 Å². The minimum absolute atomic E-state index is 0.00676. The lowest BCUT2D eigenvalue weighted by Gasteiger charge is -2.34. The summed E-state index contributed by atoms with van der Waals surface area (Å²) in [5.41, 5.74) is 0. The fourth-order valence-corrected chi connectivity index (χ4v) is 5.06. The normalized spacial score (nSPS) is 19.0. The van der Waals surface area contributed by atoms with Gasteiger partial charge in [-0.15, -0.1) is 0 Å². The van der Waals surface area contributed by atoms with Crippen molar-refractivity contribution in [2.45, 2.75) is 36.6 Å². The topological polar surface area (TPSA) is 93.1 Å². The Morgan fingerprint density at radius 1 is 1.29 bits per heavy atom. The largest absolute Gasteiger partial charge is 0.493 e. The van der Waals surface area contributed by atoms with E-state index in [-0.39, 0.29) is 28.6 Å². The number of aliphatic carboxylic acids is 1. The van der Waals surface area contributed by atoms with Gasteiger partial charge in [0.2, 0.25) is 10.0 Å². The van der Waals surface area contributed by atoms with Crippen LogP contribution in [0.5, 0.6) is 11.5 Å². The second-order valence-corrected chi connectivity index (χ2v) is 7.77. The lowest BCUT2D eigenvalue weighted by Crippen LogP contribution is -2.44. The highest BCUT2D eigenvalue weighted by atomic mass is 35.5. The lowest BCUT2D eigenvalue weighted by molar-refractivity contribution is -0.138. The summed E-state index contributed by atoms with van der Waals surface area (Å²) in [7, 11) is -1.12. The Balaban J connectivity index is 2.46. The van der Waals surface area contributed by atoms with Crippen molar-refractivity contribution in [1.29, 1.82) is 0 Å². The van der Waals surface area contributed by atoms with Gasteiger partial charge < -0.3 is 14.6 Å². The fourth-order valence-electron chi connectivity index (χ4n) is 2.86. The maximum atomic E-state index is 13.0. The van der Waals surface area contributed by atoms with Gasteiger partial charge in [0.1, 0.15) is 4.90 Å². The fraction of sp³-hybridized carbons (Fsp3) is 0.533. The van der Waals surface area contributed by atoms with Crippen LogP contribution >= 0.6 is 11.6 Å². The monoisotopic (exact) mass is 377 g/mol. The number of ether oxygens (including phenoxy) is 2. The van der Waals surface area contributed by atoms with Gasteiger partial charge in [0, 0.05) is 24.7 Å². The van der Waals surface area contributed by atoms with Gasteiger partial charge in [0.15, 0.2) is 11.5 Å². The Morgan fingerprint density at radius 3 is 2.50 bits per heavy atom. The predicted octanol–water partition coefficient (Wildman–Crippen LogP) is 2.38. The van der Waals surface area contributed by atoms with Crippen molar-refractivity contribution in [3.8, 4) is 11.5 Å². The van der Waals surface area contributed by atoms with E-state index < -0.39 is 22.0 Å². The van der Waals surface area contributed by atoms with Crippen LogP contribution in [0.3, 0.4) is 0 Å².